The van der Waals surface area contributed by atoms with Gasteiger partial charge in [-0.1, -0.05) is 153 Å². The standard InChI is InChI=1S/C45H30/c1-45(2)40-25-20-31(26-39(40)37-14-6-10-27-11-7-15-41(45)43(27)37)32-23-24-35(34-13-4-3-12-33(32)34)36-21-18-30-17-16-28-8-5-9-29-19-22-38(36)44(30)42(28)29/h3-26H,1-2H3/i3D,4D,5D,6D,7D,8D,9D,10D,11D,12D,13D,14D,15D,16D,17D,18D,19D,20D,21D,22D,23D,24D,25D,26D. The summed E-state index contributed by atoms with van der Waals surface area (Å²) in [5.41, 5.74) is -4.87. The van der Waals surface area contributed by atoms with Crippen LogP contribution in [0.15, 0.2) is 145 Å². The van der Waals surface area contributed by atoms with Gasteiger partial charge in [-0.25, -0.2) is 0 Å². The molecule has 45 heavy (non-hydrogen) atoms. The van der Waals surface area contributed by atoms with Crippen LogP contribution in [0.3, 0.4) is 0 Å². The van der Waals surface area contributed by atoms with Crippen LogP contribution in [-0.4, -0.2) is 0 Å². The first-order valence-electron chi connectivity index (χ1n) is 26.0. The van der Waals surface area contributed by atoms with Crippen molar-refractivity contribution in [3.05, 3.63) is 156 Å². The minimum atomic E-state index is -1.56. The van der Waals surface area contributed by atoms with Gasteiger partial charge in [0.05, 0.1) is 32.9 Å². The molecule has 0 atom stereocenters. The van der Waals surface area contributed by atoms with Crippen molar-refractivity contribution in [2.45, 2.75) is 19.3 Å². The lowest BCUT2D eigenvalue weighted by molar-refractivity contribution is 0.645. The second-order valence-electron chi connectivity index (χ2n) is 11.4. The van der Waals surface area contributed by atoms with Gasteiger partial charge in [-0.15, -0.1) is 0 Å². The summed E-state index contributed by atoms with van der Waals surface area (Å²) in [6.45, 7) is 3.05. The Bertz CT molecular complexity index is 3990. The van der Waals surface area contributed by atoms with Crippen LogP contribution in [0.2, 0.25) is 0 Å². The van der Waals surface area contributed by atoms with Gasteiger partial charge in [0.2, 0.25) is 0 Å². The van der Waals surface area contributed by atoms with Crippen molar-refractivity contribution < 1.29 is 32.9 Å². The molecule has 0 N–H and O–H groups in total. The van der Waals surface area contributed by atoms with Crippen LogP contribution in [0, 0.1) is 0 Å². The largest absolute Gasteiger partial charge is 0.0636 e. The van der Waals surface area contributed by atoms with Gasteiger partial charge in [0, 0.05) is 5.41 Å². The highest BCUT2D eigenvalue weighted by Crippen LogP contribution is 2.50. The molecule has 0 saturated carbocycles. The van der Waals surface area contributed by atoms with Gasteiger partial charge >= 0.3 is 0 Å². The lowest BCUT2D eigenvalue weighted by Gasteiger charge is -2.35. The Balaban J connectivity index is 1.45. The zero-order valence-corrected chi connectivity index (χ0v) is 23.5. The van der Waals surface area contributed by atoms with Gasteiger partial charge in [-0.05, 0) is 104 Å². The van der Waals surface area contributed by atoms with E-state index in [9.17, 15) is 13.7 Å². The summed E-state index contributed by atoms with van der Waals surface area (Å²) in [4.78, 5) is 0. The summed E-state index contributed by atoms with van der Waals surface area (Å²) >= 11 is 0. The molecule has 0 bridgehead atoms. The summed E-state index contributed by atoms with van der Waals surface area (Å²) in [6, 6.07) is -18.0. The van der Waals surface area contributed by atoms with E-state index in [1.165, 1.54) is 13.8 Å². The molecule has 0 heteroatoms. The van der Waals surface area contributed by atoms with Gasteiger partial charge in [0.15, 0.2) is 0 Å². The minimum Gasteiger partial charge on any atom is -0.0616 e. The molecule has 0 nitrogen and oxygen atoms in total. The highest BCUT2D eigenvalue weighted by atomic mass is 14.4. The van der Waals surface area contributed by atoms with Crippen molar-refractivity contribution in [3.8, 4) is 33.4 Å². The molecule has 0 heterocycles. The van der Waals surface area contributed by atoms with Gasteiger partial charge in [0.1, 0.15) is 0 Å². The molecule has 1 aliphatic carbocycles. The zero-order valence-electron chi connectivity index (χ0n) is 47.5. The van der Waals surface area contributed by atoms with Gasteiger partial charge in [-0.2, -0.15) is 0 Å². The monoisotopic (exact) mass is 594 g/mol. The Kier molecular flexibility index (Phi) is 2.18. The fourth-order valence-electron chi connectivity index (χ4n) is 6.50. The van der Waals surface area contributed by atoms with Crippen LogP contribution in [-0.2, 0) is 5.41 Å². The van der Waals surface area contributed by atoms with Crippen molar-refractivity contribution in [2.75, 3.05) is 0 Å². The molecule has 0 aromatic heterocycles. The Morgan fingerprint density at radius 2 is 0.956 bits per heavy atom. The van der Waals surface area contributed by atoms with Crippen LogP contribution in [0.25, 0.3) is 87.2 Å². The van der Waals surface area contributed by atoms with Crippen LogP contribution in [0.5, 0.6) is 0 Å². The first-order chi connectivity index (χ1) is 32.1. The van der Waals surface area contributed by atoms with E-state index in [1.807, 2.05) is 0 Å². The Labute approximate surface area is 296 Å². The molecule has 0 unspecified atom stereocenters. The summed E-state index contributed by atoms with van der Waals surface area (Å²) in [5.74, 6) is 0. The Morgan fingerprint density at radius 1 is 0.378 bits per heavy atom. The molecule has 9 aromatic carbocycles. The molecule has 0 radical (unpaired) electrons. The van der Waals surface area contributed by atoms with Gasteiger partial charge < -0.3 is 0 Å². The second-order valence-corrected chi connectivity index (χ2v) is 11.4. The third-order valence-corrected chi connectivity index (χ3v) is 8.62. The smallest absolute Gasteiger partial charge is 0.0616 e. The van der Waals surface area contributed by atoms with E-state index in [1.54, 1.807) is 0 Å². The average Bonchev–Trinajstić information content (AvgIpc) is 3.29. The Hall–Kier alpha value is -5.46. The number of fused-ring (bicyclic) bond motifs is 3. The minimum absolute atomic E-state index is 0.00558. The maximum Gasteiger partial charge on any atom is 0.0636 e. The molecule has 0 spiro atoms. The second kappa shape index (κ2) is 8.80. The fraction of sp³-hybridized carbons (Fsp3) is 0.0667. The van der Waals surface area contributed by atoms with E-state index in [0.29, 0.717) is 0 Å². The summed E-state index contributed by atoms with van der Waals surface area (Å²) in [7, 11) is 0. The normalized spacial score (nSPS) is 21.2. The lowest BCUT2D eigenvalue weighted by atomic mass is 9.68. The predicted octanol–water partition coefficient (Wildman–Crippen LogP) is 12.5. The summed E-state index contributed by atoms with van der Waals surface area (Å²) in [6.07, 6.45) is 0. The van der Waals surface area contributed by atoms with Gasteiger partial charge in [0.25, 0.3) is 0 Å². The van der Waals surface area contributed by atoms with Crippen molar-refractivity contribution in [1.29, 1.82) is 0 Å². The van der Waals surface area contributed by atoms with E-state index in [0.717, 1.165) is 0 Å². The van der Waals surface area contributed by atoms with Crippen LogP contribution in [0.4, 0.5) is 0 Å². The molecule has 1 aliphatic rings. The zero-order chi connectivity index (χ0) is 50.7. The van der Waals surface area contributed by atoms with Crippen molar-refractivity contribution in [2.24, 2.45) is 0 Å². The molecule has 9 aromatic rings. The SMILES string of the molecule is [2H]c1c([2H])c2c(c([2H])c1-c1c([2H])c([2H])c(-c3c([2H])c([2H])c4c([2H])c([2H])c5c([2H])c([2H])c([2H])c6c([2H])c([2H])c3c4c56)c3c([2H])c([2H])c([2H])c([2H])c13)-c1c([2H])c([2H])c([2H])c3c([2H])c([2H])c([2H])c(c13)C2(C)C. The number of hydrogen-bond acceptors (Lipinski definition) is 0. The van der Waals surface area contributed by atoms with E-state index in [2.05, 4.69) is 0 Å². The predicted molar refractivity (Wildman–Crippen MR) is 194 cm³/mol. The molecular formula is C45H30. The Morgan fingerprint density at radius 3 is 1.76 bits per heavy atom. The fourth-order valence-corrected chi connectivity index (χ4v) is 6.50. The van der Waals surface area contributed by atoms with E-state index < -0.39 is 194 Å². The first kappa shape index (κ1) is 11.2. The maximum atomic E-state index is 9.92. The topological polar surface area (TPSA) is 0 Å². The van der Waals surface area contributed by atoms with Gasteiger partial charge in [-0.3, -0.25) is 0 Å². The average molecular weight is 595 g/mol. The molecule has 10 rings (SSSR count). The molecule has 0 saturated heterocycles. The number of benzene rings is 9. The maximum absolute atomic E-state index is 9.92. The summed E-state index contributed by atoms with van der Waals surface area (Å²) < 4.78 is 219. The highest BCUT2D eigenvalue weighted by molar-refractivity contribution is 6.26. The van der Waals surface area contributed by atoms with E-state index >= 15 is 0 Å². The first-order valence-corrected chi connectivity index (χ1v) is 14.0. The van der Waals surface area contributed by atoms with Crippen LogP contribution in [0.1, 0.15) is 57.9 Å². The molecular weight excluding hydrogens is 540 g/mol. The lowest BCUT2D eigenvalue weighted by Crippen LogP contribution is -2.23. The molecule has 0 fully saturated rings. The number of rotatable bonds is 2. The molecule has 0 aliphatic heterocycles. The quantitative estimate of drug-likeness (QED) is 0.175. The van der Waals surface area contributed by atoms with E-state index in [-0.39, 0.29) is 54.6 Å². The number of hydrogen-bond donors (Lipinski definition) is 0. The van der Waals surface area contributed by atoms with Crippen molar-refractivity contribution in [3.63, 3.8) is 0 Å². The van der Waals surface area contributed by atoms with Crippen molar-refractivity contribution in [1.82, 2.24) is 0 Å². The highest BCUT2D eigenvalue weighted by Gasteiger charge is 2.33. The van der Waals surface area contributed by atoms with Crippen LogP contribution >= 0.6 is 0 Å². The molecule has 210 valence electrons. The third kappa shape index (κ3) is 3.32. The third-order valence-electron chi connectivity index (χ3n) is 8.62. The van der Waals surface area contributed by atoms with Crippen LogP contribution < -0.4 is 0 Å². The molecule has 0 amide bonds. The van der Waals surface area contributed by atoms with Crippen molar-refractivity contribution >= 4 is 53.9 Å². The summed E-state index contributed by atoms with van der Waals surface area (Å²) in [5, 5.41) is -3.80. The van der Waals surface area contributed by atoms with E-state index in [4.69, 9.17) is 19.2 Å².